The summed E-state index contributed by atoms with van der Waals surface area (Å²) < 4.78 is 22.5. The van der Waals surface area contributed by atoms with Crippen molar-refractivity contribution in [3.8, 4) is 0 Å². The Kier molecular flexibility index (Phi) is 4.40. The Morgan fingerprint density at radius 1 is 1.14 bits per heavy atom. The van der Waals surface area contributed by atoms with Crippen LogP contribution in [0.25, 0.3) is 0 Å². The number of sulfonamides is 1. The smallest absolute Gasteiger partial charge is 0.238 e. The number of nitrogens with one attached hydrogen (secondary N) is 1. The number of primary sulfonamides is 1. The second-order valence-corrected chi connectivity index (χ2v) is 6.28. The standard InChI is InChI=1S/C15H16N2O3S/c1-11-5-7-12(8-6-11)15(18)10-17-13-3-2-4-14(9-13)21(16,19)20/h2-9,17H,10H2,1H3,(H2,16,19,20). The normalized spacial score (nSPS) is 11.1. The van der Waals surface area contributed by atoms with Crippen molar-refractivity contribution >= 4 is 21.5 Å². The van der Waals surface area contributed by atoms with E-state index >= 15 is 0 Å². The van der Waals surface area contributed by atoms with E-state index < -0.39 is 10.0 Å². The molecule has 0 aliphatic heterocycles. The number of Topliss-reactive ketones (excluding diaryl/α,β-unsaturated/α-hetero) is 1. The Morgan fingerprint density at radius 2 is 1.81 bits per heavy atom. The molecule has 0 radical (unpaired) electrons. The molecule has 0 heterocycles. The number of anilines is 1. The third-order valence-electron chi connectivity index (χ3n) is 2.99. The van der Waals surface area contributed by atoms with Gasteiger partial charge < -0.3 is 5.32 Å². The monoisotopic (exact) mass is 304 g/mol. The summed E-state index contributed by atoms with van der Waals surface area (Å²) in [4.78, 5) is 12.0. The minimum absolute atomic E-state index is 0.00952. The molecule has 110 valence electrons. The summed E-state index contributed by atoms with van der Waals surface area (Å²) in [6, 6.07) is 13.3. The van der Waals surface area contributed by atoms with Gasteiger partial charge in [-0.2, -0.15) is 0 Å². The summed E-state index contributed by atoms with van der Waals surface area (Å²) in [5, 5.41) is 7.96. The molecule has 0 amide bonds. The molecule has 0 bridgehead atoms. The topological polar surface area (TPSA) is 89.3 Å². The lowest BCUT2D eigenvalue weighted by atomic mass is 10.1. The lowest BCUT2D eigenvalue weighted by Gasteiger charge is -2.07. The zero-order chi connectivity index (χ0) is 15.5. The first-order chi connectivity index (χ1) is 9.86. The minimum Gasteiger partial charge on any atom is -0.378 e. The first kappa shape index (κ1) is 15.2. The molecule has 0 spiro atoms. The molecule has 0 fully saturated rings. The second kappa shape index (κ2) is 6.07. The predicted molar refractivity (Wildman–Crippen MR) is 81.8 cm³/mol. The summed E-state index contributed by atoms with van der Waals surface area (Å²) in [5.41, 5.74) is 2.22. The number of nitrogens with two attached hydrogens (primary N) is 1. The maximum Gasteiger partial charge on any atom is 0.238 e. The molecule has 6 heteroatoms. The van der Waals surface area contributed by atoms with Crippen LogP contribution >= 0.6 is 0 Å². The molecular weight excluding hydrogens is 288 g/mol. The van der Waals surface area contributed by atoms with Crippen molar-refractivity contribution in [3.63, 3.8) is 0 Å². The molecule has 21 heavy (non-hydrogen) atoms. The summed E-state index contributed by atoms with van der Waals surface area (Å²) in [6.07, 6.45) is 0. The number of hydrogen-bond acceptors (Lipinski definition) is 4. The lowest BCUT2D eigenvalue weighted by Crippen LogP contribution is -2.15. The van der Waals surface area contributed by atoms with Crippen LogP contribution in [-0.4, -0.2) is 20.7 Å². The fourth-order valence-electron chi connectivity index (χ4n) is 1.81. The first-order valence-corrected chi connectivity index (χ1v) is 7.87. The summed E-state index contributed by atoms with van der Waals surface area (Å²) in [5.74, 6) is -0.0731. The Labute approximate surface area is 123 Å². The summed E-state index contributed by atoms with van der Waals surface area (Å²) in [6.45, 7) is 2.03. The van der Waals surface area contributed by atoms with Gasteiger partial charge in [-0.05, 0) is 25.1 Å². The van der Waals surface area contributed by atoms with Gasteiger partial charge in [0.25, 0.3) is 0 Å². The van der Waals surface area contributed by atoms with Crippen molar-refractivity contribution in [1.82, 2.24) is 0 Å². The van der Waals surface area contributed by atoms with E-state index in [1.165, 1.54) is 12.1 Å². The van der Waals surface area contributed by atoms with Gasteiger partial charge in [0.1, 0.15) is 0 Å². The Balaban J connectivity index is 2.06. The zero-order valence-electron chi connectivity index (χ0n) is 11.5. The van der Waals surface area contributed by atoms with Crippen LogP contribution in [0, 0.1) is 6.92 Å². The maximum absolute atomic E-state index is 12.0. The van der Waals surface area contributed by atoms with E-state index in [1.54, 1.807) is 24.3 Å². The fraction of sp³-hybridized carbons (Fsp3) is 0.133. The number of hydrogen-bond donors (Lipinski definition) is 2. The van der Waals surface area contributed by atoms with Crippen molar-refractivity contribution in [2.75, 3.05) is 11.9 Å². The first-order valence-electron chi connectivity index (χ1n) is 6.33. The fourth-order valence-corrected chi connectivity index (χ4v) is 2.37. The van der Waals surface area contributed by atoms with Gasteiger partial charge in [0.2, 0.25) is 10.0 Å². The number of aryl methyl sites for hydroxylation is 1. The molecule has 3 N–H and O–H groups in total. The van der Waals surface area contributed by atoms with Crippen LogP contribution in [0.5, 0.6) is 0 Å². The van der Waals surface area contributed by atoms with Gasteiger partial charge in [-0.1, -0.05) is 35.9 Å². The van der Waals surface area contributed by atoms with Crippen molar-refractivity contribution in [1.29, 1.82) is 0 Å². The molecule has 2 rings (SSSR count). The number of benzene rings is 2. The van der Waals surface area contributed by atoms with Crippen LogP contribution < -0.4 is 10.5 Å². The van der Waals surface area contributed by atoms with Crippen LogP contribution in [0.2, 0.25) is 0 Å². The average Bonchev–Trinajstić information content (AvgIpc) is 2.45. The van der Waals surface area contributed by atoms with E-state index in [-0.39, 0.29) is 17.2 Å². The number of rotatable bonds is 5. The van der Waals surface area contributed by atoms with E-state index in [9.17, 15) is 13.2 Å². The molecule has 0 saturated carbocycles. The molecule has 0 saturated heterocycles. The Hall–Kier alpha value is -2.18. The van der Waals surface area contributed by atoms with Crippen molar-refractivity contribution in [3.05, 3.63) is 59.7 Å². The molecule has 2 aromatic carbocycles. The quantitative estimate of drug-likeness (QED) is 0.826. The predicted octanol–water partition coefficient (Wildman–Crippen LogP) is 1.94. The average molecular weight is 304 g/mol. The van der Waals surface area contributed by atoms with Gasteiger partial charge in [-0.15, -0.1) is 0 Å². The van der Waals surface area contributed by atoms with Crippen molar-refractivity contribution < 1.29 is 13.2 Å². The molecule has 0 aliphatic rings. The van der Waals surface area contributed by atoms with Crippen LogP contribution in [0.15, 0.2) is 53.4 Å². The minimum atomic E-state index is -3.75. The second-order valence-electron chi connectivity index (χ2n) is 4.72. The van der Waals surface area contributed by atoms with Crippen LogP contribution in [0.3, 0.4) is 0 Å². The third-order valence-corrected chi connectivity index (χ3v) is 3.90. The van der Waals surface area contributed by atoms with E-state index in [2.05, 4.69) is 5.32 Å². The van der Waals surface area contributed by atoms with Crippen molar-refractivity contribution in [2.24, 2.45) is 5.14 Å². The third kappa shape index (κ3) is 4.14. The SMILES string of the molecule is Cc1ccc(C(=O)CNc2cccc(S(N)(=O)=O)c2)cc1. The molecular formula is C15H16N2O3S. The van der Waals surface area contributed by atoms with Gasteiger partial charge >= 0.3 is 0 Å². The van der Waals surface area contributed by atoms with E-state index in [0.29, 0.717) is 11.3 Å². The number of carbonyl (C=O) groups is 1. The maximum atomic E-state index is 12.0. The number of carbonyl (C=O) groups excluding carboxylic acids is 1. The summed E-state index contributed by atoms with van der Waals surface area (Å²) in [7, 11) is -3.75. The van der Waals surface area contributed by atoms with Gasteiger partial charge in [0, 0.05) is 11.3 Å². The highest BCUT2D eigenvalue weighted by molar-refractivity contribution is 7.89. The van der Waals surface area contributed by atoms with E-state index in [1.807, 2.05) is 19.1 Å². The lowest BCUT2D eigenvalue weighted by molar-refractivity contribution is 0.101. The molecule has 0 unspecified atom stereocenters. The van der Waals surface area contributed by atoms with Gasteiger partial charge in [0.15, 0.2) is 5.78 Å². The van der Waals surface area contributed by atoms with Crippen molar-refractivity contribution in [2.45, 2.75) is 11.8 Å². The van der Waals surface area contributed by atoms with E-state index in [4.69, 9.17) is 5.14 Å². The molecule has 5 nitrogen and oxygen atoms in total. The van der Waals surface area contributed by atoms with Gasteiger partial charge in [0.05, 0.1) is 11.4 Å². The summed E-state index contributed by atoms with van der Waals surface area (Å²) >= 11 is 0. The highest BCUT2D eigenvalue weighted by Gasteiger charge is 2.09. The molecule has 2 aromatic rings. The van der Waals surface area contributed by atoms with Crippen LogP contribution in [0.4, 0.5) is 5.69 Å². The molecule has 0 aliphatic carbocycles. The molecule has 0 aromatic heterocycles. The highest BCUT2D eigenvalue weighted by atomic mass is 32.2. The van der Waals surface area contributed by atoms with E-state index in [0.717, 1.165) is 5.56 Å². The van der Waals surface area contributed by atoms with Crippen LogP contribution in [-0.2, 0) is 10.0 Å². The number of ketones is 1. The Morgan fingerprint density at radius 3 is 2.43 bits per heavy atom. The molecule has 0 atom stereocenters. The highest BCUT2D eigenvalue weighted by Crippen LogP contribution is 2.14. The van der Waals surface area contributed by atoms with Gasteiger partial charge in [-0.25, -0.2) is 13.6 Å². The zero-order valence-corrected chi connectivity index (χ0v) is 12.4. The Bertz CT molecular complexity index is 753. The van der Waals surface area contributed by atoms with Gasteiger partial charge in [-0.3, -0.25) is 4.79 Å². The largest absolute Gasteiger partial charge is 0.378 e. The van der Waals surface area contributed by atoms with Crippen LogP contribution in [0.1, 0.15) is 15.9 Å².